The maximum atomic E-state index is 13.9. The first kappa shape index (κ1) is 31.8. The summed E-state index contributed by atoms with van der Waals surface area (Å²) in [5.74, 6) is 1.31. The second-order valence-corrected chi connectivity index (χ2v) is 11.1. The van der Waals surface area contributed by atoms with Gasteiger partial charge in [0.05, 0.1) is 17.8 Å². The van der Waals surface area contributed by atoms with Crippen LogP contribution in [0.4, 0.5) is 0 Å². The van der Waals surface area contributed by atoms with Gasteiger partial charge in [-0.2, -0.15) is 0 Å². The van der Waals surface area contributed by atoms with Gasteiger partial charge < -0.3 is 6.16 Å². The van der Waals surface area contributed by atoms with Gasteiger partial charge in [0.2, 0.25) is 0 Å². The minimum Gasteiger partial charge on any atom is -1.00 e. The topological polar surface area (TPSA) is 103 Å². The van der Waals surface area contributed by atoms with E-state index in [2.05, 4.69) is 17.1 Å². The minimum atomic E-state index is -0.598. The van der Waals surface area contributed by atoms with Gasteiger partial charge in [0.15, 0.2) is 5.82 Å². The molecule has 8 nitrogen and oxygen atoms in total. The van der Waals surface area contributed by atoms with Gasteiger partial charge in [-0.1, -0.05) is 72.7 Å². The van der Waals surface area contributed by atoms with Gasteiger partial charge >= 0.3 is 57.1 Å². The second kappa shape index (κ2) is 13.5. The van der Waals surface area contributed by atoms with Crippen molar-refractivity contribution >= 4 is 0 Å². The van der Waals surface area contributed by atoms with Crippen molar-refractivity contribution in [3.05, 3.63) is 111 Å². The molecule has 42 heavy (non-hydrogen) atoms. The zero-order valence-electron chi connectivity index (χ0n) is 26.0. The summed E-state index contributed by atoms with van der Waals surface area (Å²) in [7, 11) is 0. The number of hydrogen-bond acceptors (Lipinski definition) is 6. The largest absolute Gasteiger partial charge is 1.00 e. The molecule has 0 saturated carbocycles. The molecule has 0 atom stereocenters. The Morgan fingerprint density at radius 1 is 0.929 bits per heavy atom. The smallest absolute Gasteiger partial charge is 1.00 e. The van der Waals surface area contributed by atoms with Gasteiger partial charge in [0.25, 0.3) is 5.56 Å². The SMILES string of the molecule is CCCc1nc(C)c(-c2ccc(OC(C)(C)C)cc2)c(=O)n1Cc1ccc(-c2ccccc2-c2noc(=O)[nH]2)cc1.[H-].[K+]. The Kier molecular flexibility index (Phi) is 10.2. The van der Waals surface area contributed by atoms with E-state index in [-0.39, 0.29) is 64.0 Å². The number of aryl methyl sites for hydroxylation is 2. The predicted octanol–water partition coefficient (Wildman–Crippen LogP) is 3.52. The molecule has 5 rings (SSSR count). The fourth-order valence-corrected chi connectivity index (χ4v) is 4.93. The summed E-state index contributed by atoms with van der Waals surface area (Å²) >= 11 is 0. The van der Waals surface area contributed by atoms with E-state index in [1.54, 1.807) is 4.57 Å². The number of aromatic amines is 1. The van der Waals surface area contributed by atoms with Crippen molar-refractivity contribution in [1.29, 1.82) is 0 Å². The molecule has 0 bridgehead atoms. The summed E-state index contributed by atoms with van der Waals surface area (Å²) in [6.45, 7) is 10.4. The summed E-state index contributed by atoms with van der Waals surface area (Å²) in [5, 5.41) is 3.85. The van der Waals surface area contributed by atoms with Crippen LogP contribution in [0.3, 0.4) is 0 Å². The van der Waals surface area contributed by atoms with Crippen LogP contribution in [0.1, 0.15) is 52.6 Å². The molecule has 0 aliphatic heterocycles. The molecule has 3 aromatic carbocycles. The molecule has 5 aromatic rings. The maximum Gasteiger partial charge on any atom is 1.00 e. The first-order valence-corrected chi connectivity index (χ1v) is 13.8. The molecular weight excluding hydrogens is 555 g/mol. The van der Waals surface area contributed by atoms with Crippen molar-refractivity contribution in [2.75, 3.05) is 0 Å². The predicted molar refractivity (Wildman–Crippen MR) is 161 cm³/mol. The number of hydrogen-bond donors (Lipinski definition) is 1. The molecule has 0 fully saturated rings. The molecule has 0 spiro atoms. The van der Waals surface area contributed by atoms with E-state index in [4.69, 9.17) is 14.2 Å². The van der Waals surface area contributed by atoms with Crippen LogP contribution in [0.25, 0.3) is 33.6 Å². The zero-order chi connectivity index (χ0) is 29.1. The fourth-order valence-electron chi connectivity index (χ4n) is 4.93. The number of nitrogens with one attached hydrogen (secondary N) is 1. The quantitative estimate of drug-likeness (QED) is 0.278. The van der Waals surface area contributed by atoms with Crippen LogP contribution in [0.2, 0.25) is 0 Å². The summed E-state index contributed by atoms with van der Waals surface area (Å²) < 4.78 is 12.5. The van der Waals surface area contributed by atoms with Crippen molar-refractivity contribution < 1.29 is 62.1 Å². The van der Waals surface area contributed by atoms with Crippen LogP contribution >= 0.6 is 0 Å². The Bertz CT molecular complexity index is 1790. The molecule has 9 heteroatoms. The van der Waals surface area contributed by atoms with Crippen molar-refractivity contribution in [1.82, 2.24) is 19.7 Å². The Morgan fingerprint density at radius 3 is 2.17 bits per heavy atom. The van der Waals surface area contributed by atoms with E-state index in [9.17, 15) is 9.59 Å². The molecule has 0 saturated heterocycles. The molecule has 212 valence electrons. The number of nitrogens with zero attached hydrogens (tertiary/aromatic N) is 3. The van der Waals surface area contributed by atoms with E-state index < -0.39 is 5.76 Å². The van der Waals surface area contributed by atoms with E-state index in [0.717, 1.165) is 51.5 Å². The fraction of sp³-hybridized carbons (Fsp3) is 0.273. The van der Waals surface area contributed by atoms with Crippen molar-refractivity contribution in [2.45, 2.75) is 59.6 Å². The summed E-state index contributed by atoms with van der Waals surface area (Å²) in [5.41, 5.74) is 5.37. The number of aromatic nitrogens is 4. The standard InChI is InChI=1S/C33H34N4O4.K.H/c1-6-9-28-34-21(2)29(24-16-18-25(19-17-24)40-33(3,4)5)31(38)37(28)20-22-12-14-23(15-13-22)26-10-7-8-11-27(26)30-35-32(39)41-36-30;;/h7-8,10-19H,6,9,20H2,1-5H3,(H,35,36,39);;/q;+1;-1. The normalized spacial score (nSPS) is 11.3. The Morgan fingerprint density at radius 2 is 1.57 bits per heavy atom. The van der Waals surface area contributed by atoms with E-state index in [1.807, 2.05) is 100 Å². The Balaban J connectivity index is 0.00000253. The average Bonchev–Trinajstić information content (AvgIpc) is 3.37. The first-order valence-electron chi connectivity index (χ1n) is 13.8. The third kappa shape index (κ3) is 7.27. The van der Waals surface area contributed by atoms with Crippen molar-refractivity contribution in [3.63, 3.8) is 0 Å². The van der Waals surface area contributed by atoms with Crippen LogP contribution in [0, 0.1) is 6.92 Å². The third-order valence-corrected chi connectivity index (χ3v) is 6.70. The van der Waals surface area contributed by atoms with E-state index >= 15 is 0 Å². The number of ether oxygens (including phenoxy) is 1. The molecule has 0 radical (unpaired) electrons. The zero-order valence-corrected chi connectivity index (χ0v) is 28.1. The Labute approximate surface area is 289 Å². The molecule has 2 aromatic heterocycles. The molecule has 0 amide bonds. The Hall–Kier alpha value is -3.08. The summed E-state index contributed by atoms with van der Waals surface area (Å²) in [6, 6.07) is 23.3. The first-order chi connectivity index (χ1) is 19.6. The van der Waals surface area contributed by atoms with Gasteiger partial charge in [-0.25, -0.2) is 9.78 Å². The van der Waals surface area contributed by atoms with Gasteiger partial charge in [-0.05, 0) is 68.5 Å². The van der Waals surface area contributed by atoms with Gasteiger partial charge in [0, 0.05) is 12.0 Å². The van der Waals surface area contributed by atoms with Gasteiger partial charge in [-0.15, -0.1) is 0 Å². The van der Waals surface area contributed by atoms with Crippen LogP contribution in [-0.2, 0) is 13.0 Å². The molecule has 2 heterocycles. The van der Waals surface area contributed by atoms with Crippen LogP contribution < -0.4 is 67.4 Å². The number of H-pyrrole nitrogens is 1. The number of benzene rings is 3. The van der Waals surface area contributed by atoms with Crippen LogP contribution in [0.15, 0.2) is 86.9 Å². The summed E-state index contributed by atoms with van der Waals surface area (Å²) in [6.07, 6.45) is 1.58. The van der Waals surface area contributed by atoms with Crippen molar-refractivity contribution in [2.24, 2.45) is 0 Å². The molecule has 0 unspecified atom stereocenters. The third-order valence-electron chi connectivity index (χ3n) is 6.70. The van der Waals surface area contributed by atoms with Crippen LogP contribution in [0.5, 0.6) is 5.75 Å². The van der Waals surface area contributed by atoms with E-state index in [0.29, 0.717) is 24.4 Å². The maximum absolute atomic E-state index is 13.9. The second-order valence-electron chi connectivity index (χ2n) is 11.1. The molecule has 0 aliphatic carbocycles. The molecular formula is C33H35KN4O4. The number of rotatable bonds is 8. The minimum absolute atomic E-state index is 0. The van der Waals surface area contributed by atoms with Gasteiger partial charge in [0.1, 0.15) is 17.2 Å². The van der Waals surface area contributed by atoms with E-state index in [1.165, 1.54) is 0 Å². The molecule has 0 aliphatic rings. The average molecular weight is 591 g/mol. The van der Waals surface area contributed by atoms with Crippen molar-refractivity contribution in [3.8, 4) is 39.4 Å². The van der Waals surface area contributed by atoms with Gasteiger partial charge in [-0.3, -0.25) is 18.9 Å². The monoisotopic (exact) mass is 590 g/mol. The van der Waals surface area contributed by atoms with Crippen LogP contribution in [-0.4, -0.2) is 25.3 Å². The summed E-state index contributed by atoms with van der Waals surface area (Å²) in [4.78, 5) is 32.9. The molecule has 1 N–H and O–H groups in total.